The Morgan fingerprint density at radius 1 is 1.16 bits per heavy atom. The van der Waals surface area contributed by atoms with Crippen molar-refractivity contribution in [2.24, 2.45) is 5.73 Å². The Labute approximate surface area is 119 Å². The van der Waals surface area contributed by atoms with Crippen molar-refractivity contribution >= 4 is 11.3 Å². The minimum Gasteiger partial charge on any atom is -0.491 e. The minimum atomic E-state index is -0.111. The minimum absolute atomic E-state index is 0.111. The summed E-state index contributed by atoms with van der Waals surface area (Å²) in [6, 6.07) is 12.2. The molecule has 0 spiro atoms. The molecular weight excluding hydrogens is 254 g/mol. The summed E-state index contributed by atoms with van der Waals surface area (Å²) in [7, 11) is 0. The maximum absolute atomic E-state index is 6.39. The van der Waals surface area contributed by atoms with Crippen molar-refractivity contribution in [3.8, 4) is 5.75 Å². The number of hydrogen-bond acceptors (Lipinski definition) is 3. The molecule has 0 bridgehead atoms. The highest BCUT2D eigenvalue weighted by Crippen LogP contribution is 2.32. The van der Waals surface area contributed by atoms with Gasteiger partial charge in [0.15, 0.2) is 0 Å². The zero-order valence-corrected chi connectivity index (χ0v) is 12.5. The predicted octanol–water partition coefficient (Wildman–Crippen LogP) is 4.15. The Balaban J connectivity index is 2.29. The van der Waals surface area contributed by atoms with E-state index in [0.29, 0.717) is 0 Å². The van der Waals surface area contributed by atoms with Crippen molar-refractivity contribution < 1.29 is 4.74 Å². The molecule has 0 aliphatic heterocycles. The molecular formula is C16H21NOS. The van der Waals surface area contributed by atoms with Gasteiger partial charge in [-0.15, -0.1) is 11.3 Å². The molecule has 0 aliphatic carbocycles. The van der Waals surface area contributed by atoms with E-state index >= 15 is 0 Å². The number of para-hydroxylation sites is 1. The van der Waals surface area contributed by atoms with E-state index in [-0.39, 0.29) is 12.1 Å². The first-order valence-electron chi connectivity index (χ1n) is 6.71. The summed E-state index contributed by atoms with van der Waals surface area (Å²) in [5.41, 5.74) is 7.45. The highest BCUT2D eigenvalue weighted by Gasteiger charge is 2.16. The average Bonchev–Trinajstić information content (AvgIpc) is 2.86. The van der Waals surface area contributed by atoms with Gasteiger partial charge in [-0.05, 0) is 38.5 Å². The zero-order chi connectivity index (χ0) is 13.8. The summed E-state index contributed by atoms with van der Waals surface area (Å²) in [6.45, 7) is 6.22. The normalized spacial score (nSPS) is 12.7. The molecule has 2 N–H and O–H groups in total. The van der Waals surface area contributed by atoms with Gasteiger partial charge in [-0.1, -0.05) is 25.1 Å². The molecule has 1 heterocycles. The number of benzene rings is 1. The molecule has 0 saturated heterocycles. The van der Waals surface area contributed by atoms with Crippen LogP contribution in [0.4, 0.5) is 0 Å². The molecule has 1 aromatic carbocycles. The van der Waals surface area contributed by atoms with Crippen LogP contribution in [0.25, 0.3) is 0 Å². The predicted molar refractivity (Wildman–Crippen MR) is 81.9 cm³/mol. The molecule has 19 heavy (non-hydrogen) atoms. The summed E-state index contributed by atoms with van der Waals surface area (Å²) in [5, 5.41) is 0. The fourth-order valence-corrected chi connectivity index (χ4v) is 2.98. The molecule has 0 saturated carbocycles. The summed E-state index contributed by atoms with van der Waals surface area (Å²) in [4.78, 5) is 2.56. The molecule has 2 nitrogen and oxygen atoms in total. The maximum atomic E-state index is 6.39. The molecule has 0 fully saturated rings. The summed E-state index contributed by atoms with van der Waals surface area (Å²) in [5.74, 6) is 0.886. The lowest BCUT2D eigenvalue weighted by Crippen LogP contribution is -2.14. The van der Waals surface area contributed by atoms with Gasteiger partial charge in [-0.2, -0.15) is 0 Å². The second kappa shape index (κ2) is 6.22. The van der Waals surface area contributed by atoms with Crippen LogP contribution >= 0.6 is 11.3 Å². The Hall–Kier alpha value is -1.32. The van der Waals surface area contributed by atoms with E-state index in [9.17, 15) is 0 Å². The molecule has 2 rings (SSSR count). The fourth-order valence-electron chi connectivity index (χ4n) is 2.00. The van der Waals surface area contributed by atoms with Crippen LogP contribution in [0, 0.1) is 0 Å². The van der Waals surface area contributed by atoms with Crippen LogP contribution in [0.15, 0.2) is 36.4 Å². The number of thiophene rings is 1. The van der Waals surface area contributed by atoms with Crippen molar-refractivity contribution in [2.45, 2.75) is 39.3 Å². The van der Waals surface area contributed by atoms with Gasteiger partial charge in [0.2, 0.25) is 0 Å². The Kier molecular flexibility index (Phi) is 4.61. The third-order valence-corrected chi connectivity index (χ3v) is 4.27. The topological polar surface area (TPSA) is 35.2 Å². The van der Waals surface area contributed by atoms with Crippen LogP contribution in [0.5, 0.6) is 5.75 Å². The smallest absolute Gasteiger partial charge is 0.124 e. The molecule has 2 aromatic rings. The van der Waals surface area contributed by atoms with Crippen LogP contribution in [0.1, 0.15) is 42.1 Å². The molecule has 3 heteroatoms. The van der Waals surface area contributed by atoms with Crippen molar-refractivity contribution in [2.75, 3.05) is 0 Å². The SMILES string of the molecule is CCc1ccc(C(N)c2ccccc2OC(C)C)s1. The first-order chi connectivity index (χ1) is 9.11. The van der Waals surface area contributed by atoms with E-state index in [0.717, 1.165) is 17.7 Å². The van der Waals surface area contributed by atoms with E-state index in [4.69, 9.17) is 10.5 Å². The van der Waals surface area contributed by atoms with Crippen LogP contribution in [0.2, 0.25) is 0 Å². The third-order valence-electron chi connectivity index (χ3n) is 2.95. The second-order valence-electron chi connectivity index (χ2n) is 4.84. The standard InChI is InChI=1S/C16H21NOS/c1-4-12-9-10-15(19-12)16(17)13-7-5-6-8-14(13)18-11(2)3/h5-11,16H,4,17H2,1-3H3. The molecule has 0 radical (unpaired) electrons. The molecule has 102 valence electrons. The first-order valence-corrected chi connectivity index (χ1v) is 7.53. The molecule has 0 aliphatic rings. The largest absolute Gasteiger partial charge is 0.491 e. The second-order valence-corrected chi connectivity index (χ2v) is 6.04. The molecule has 0 amide bonds. The highest BCUT2D eigenvalue weighted by atomic mass is 32.1. The lowest BCUT2D eigenvalue weighted by atomic mass is 10.1. The van der Waals surface area contributed by atoms with E-state index in [1.807, 2.05) is 38.1 Å². The number of hydrogen-bond donors (Lipinski definition) is 1. The van der Waals surface area contributed by atoms with Crippen molar-refractivity contribution in [3.05, 3.63) is 51.7 Å². The number of nitrogens with two attached hydrogens (primary N) is 1. The van der Waals surface area contributed by atoms with Crippen molar-refractivity contribution in [1.82, 2.24) is 0 Å². The molecule has 1 aromatic heterocycles. The molecule has 1 atom stereocenters. The quantitative estimate of drug-likeness (QED) is 0.890. The Bertz CT molecular complexity index is 533. The molecule has 1 unspecified atom stereocenters. The third kappa shape index (κ3) is 3.37. The summed E-state index contributed by atoms with van der Waals surface area (Å²) in [6.07, 6.45) is 1.21. The van der Waals surface area contributed by atoms with Crippen LogP contribution in [-0.2, 0) is 6.42 Å². The van der Waals surface area contributed by atoms with Gasteiger partial charge in [0.25, 0.3) is 0 Å². The van der Waals surface area contributed by atoms with Gasteiger partial charge >= 0.3 is 0 Å². The summed E-state index contributed by atoms with van der Waals surface area (Å²) < 4.78 is 5.85. The lowest BCUT2D eigenvalue weighted by Gasteiger charge is -2.18. The van der Waals surface area contributed by atoms with E-state index in [1.165, 1.54) is 9.75 Å². The van der Waals surface area contributed by atoms with Gasteiger partial charge in [0.05, 0.1) is 12.1 Å². The van der Waals surface area contributed by atoms with Crippen LogP contribution in [-0.4, -0.2) is 6.10 Å². The van der Waals surface area contributed by atoms with E-state index < -0.39 is 0 Å². The lowest BCUT2D eigenvalue weighted by molar-refractivity contribution is 0.239. The fraction of sp³-hybridized carbons (Fsp3) is 0.375. The monoisotopic (exact) mass is 275 g/mol. The van der Waals surface area contributed by atoms with E-state index in [2.05, 4.69) is 19.1 Å². The number of aryl methyl sites for hydroxylation is 1. The Morgan fingerprint density at radius 2 is 1.89 bits per heavy atom. The summed E-state index contributed by atoms with van der Waals surface area (Å²) >= 11 is 1.78. The zero-order valence-electron chi connectivity index (χ0n) is 11.7. The van der Waals surface area contributed by atoms with Gasteiger partial charge in [0.1, 0.15) is 5.75 Å². The van der Waals surface area contributed by atoms with Gasteiger partial charge < -0.3 is 10.5 Å². The number of ether oxygens (including phenoxy) is 1. The van der Waals surface area contributed by atoms with Gasteiger partial charge in [0, 0.05) is 15.3 Å². The Morgan fingerprint density at radius 3 is 2.53 bits per heavy atom. The van der Waals surface area contributed by atoms with Gasteiger partial charge in [-0.25, -0.2) is 0 Å². The number of rotatable bonds is 5. The van der Waals surface area contributed by atoms with Crippen molar-refractivity contribution in [3.63, 3.8) is 0 Å². The van der Waals surface area contributed by atoms with Crippen LogP contribution < -0.4 is 10.5 Å². The van der Waals surface area contributed by atoms with E-state index in [1.54, 1.807) is 11.3 Å². The average molecular weight is 275 g/mol. The van der Waals surface area contributed by atoms with Crippen LogP contribution in [0.3, 0.4) is 0 Å². The maximum Gasteiger partial charge on any atom is 0.124 e. The first kappa shape index (κ1) is 14.1. The highest BCUT2D eigenvalue weighted by molar-refractivity contribution is 7.12. The van der Waals surface area contributed by atoms with Crippen molar-refractivity contribution in [1.29, 1.82) is 0 Å². The van der Waals surface area contributed by atoms with Gasteiger partial charge in [-0.3, -0.25) is 0 Å².